The third-order valence-electron chi connectivity index (χ3n) is 3.95. The van der Waals surface area contributed by atoms with Gasteiger partial charge in [0.1, 0.15) is 10.6 Å². The molecule has 1 amide bonds. The maximum Gasteiger partial charge on any atom is 0.266 e. The molecule has 0 fully saturated rings. The van der Waals surface area contributed by atoms with Crippen molar-refractivity contribution in [1.82, 2.24) is 15.5 Å². The Balaban J connectivity index is 1.91. The maximum atomic E-state index is 12.9. The van der Waals surface area contributed by atoms with E-state index in [1.807, 2.05) is 30.3 Å². The predicted octanol–water partition coefficient (Wildman–Crippen LogP) is 2.64. The number of sulfonamides is 1. The molecule has 3 aromatic rings. The van der Waals surface area contributed by atoms with Gasteiger partial charge in [0.05, 0.1) is 12.8 Å². The van der Waals surface area contributed by atoms with E-state index in [0.29, 0.717) is 12.2 Å². The molecule has 0 radical (unpaired) electrons. The van der Waals surface area contributed by atoms with Crippen LogP contribution in [0, 0.1) is 0 Å². The molecule has 3 N–H and O–H groups in total. The smallest absolute Gasteiger partial charge is 0.266 e. The average Bonchev–Trinajstić information content (AvgIpc) is 3.16. The van der Waals surface area contributed by atoms with E-state index in [-0.39, 0.29) is 27.9 Å². The highest BCUT2D eigenvalue weighted by atomic mass is 32.2. The van der Waals surface area contributed by atoms with E-state index in [4.69, 9.17) is 4.74 Å². The van der Waals surface area contributed by atoms with Crippen molar-refractivity contribution < 1.29 is 17.9 Å². The van der Waals surface area contributed by atoms with E-state index in [9.17, 15) is 13.2 Å². The molecule has 0 unspecified atom stereocenters. The van der Waals surface area contributed by atoms with Crippen molar-refractivity contribution in [2.75, 3.05) is 18.4 Å². The van der Waals surface area contributed by atoms with Crippen LogP contribution in [0.25, 0.3) is 11.3 Å². The van der Waals surface area contributed by atoms with Crippen LogP contribution in [-0.2, 0) is 10.0 Å². The molecular weight excluding hydrogens is 380 g/mol. The highest BCUT2D eigenvalue weighted by Crippen LogP contribution is 2.27. The summed E-state index contributed by atoms with van der Waals surface area (Å²) in [5.74, 6) is -0.114. The summed E-state index contributed by atoms with van der Waals surface area (Å²) >= 11 is 0. The van der Waals surface area contributed by atoms with Gasteiger partial charge in [-0.1, -0.05) is 30.3 Å². The number of ether oxygens (including phenoxy) is 1. The number of benzene rings is 2. The number of amides is 1. The molecule has 0 saturated heterocycles. The topological polar surface area (TPSA) is 113 Å². The number of carbonyl (C=O) groups excluding carboxylic acids is 1. The van der Waals surface area contributed by atoms with Crippen LogP contribution in [0.5, 0.6) is 5.75 Å². The molecule has 0 aliphatic carbocycles. The molecular formula is C19H20N4O4S. The van der Waals surface area contributed by atoms with Crippen molar-refractivity contribution in [3.63, 3.8) is 0 Å². The second-order valence-corrected chi connectivity index (χ2v) is 7.51. The maximum absolute atomic E-state index is 12.9. The first-order chi connectivity index (χ1) is 13.4. The molecule has 0 aliphatic heterocycles. The fraction of sp³-hybridized carbons (Fsp3) is 0.158. The van der Waals surface area contributed by atoms with Gasteiger partial charge in [-0.2, -0.15) is 5.10 Å². The van der Waals surface area contributed by atoms with Gasteiger partial charge in [-0.05, 0) is 30.7 Å². The Kier molecular flexibility index (Phi) is 5.65. The summed E-state index contributed by atoms with van der Waals surface area (Å²) in [6, 6.07) is 15.2. The zero-order valence-corrected chi connectivity index (χ0v) is 16.2. The molecule has 0 atom stereocenters. The minimum Gasteiger partial charge on any atom is -0.495 e. The first-order valence-electron chi connectivity index (χ1n) is 8.54. The van der Waals surface area contributed by atoms with E-state index in [0.717, 1.165) is 5.56 Å². The van der Waals surface area contributed by atoms with Crippen molar-refractivity contribution in [2.45, 2.75) is 11.8 Å². The van der Waals surface area contributed by atoms with E-state index in [2.05, 4.69) is 20.2 Å². The fourth-order valence-electron chi connectivity index (χ4n) is 2.62. The lowest BCUT2D eigenvalue weighted by atomic mass is 10.2. The number of hydrogen-bond donors (Lipinski definition) is 3. The molecule has 1 aromatic heterocycles. The first kappa shape index (κ1) is 19.4. The number of nitrogens with one attached hydrogen (secondary N) is 3. The fourth-order valence-corrected chi connectivity index (χ4v) is 3.81. The number of hydrogen-bond acceptors (Lipinski definition) is 5. The lowest BCUT2D eigenvalue weighted by Gasteiger charge is -2.12. The average molecular weight is 400 g/mol. The summed E-state index contributed by atoms with van der Waals surface area (Å²) in [4.78, 5) is 11.9. The molecule has 3 rings (SSSR count). The Morgan fingerprint density at radius 3 is 2.57 bits per heavy atom. The van der Waals surface area contributed by atoms with E-state index >= 15 is 0 Å². The van der Waals surface area contributed by atoms with Gasteiger partial charge in [-0.25, -0.2) is 8.42 Å². The quantitative estimate of drug-likeness (QED) is 0.564. The van der Waals surface area contributed by atoms with E-state index in [1.165, 1.54) is 25.3 Å². The van der Waals surface area contributed by atoms with E-state index < -0.39 is 10.0 Å². The summed E-state index contributed by atoms with van der Waals surface area (Å²) in [7, 11) is -2.67. The molecule has 8 nitrogen and oxygen atoms in total. The summed E-state index contributed by atoms with van der Waals surface area (Å²) in [5, 5.41) is 9.45. The van der Waals surface area contributed by atoms with Crippen molar-refractivity contribution >= 4 is 21.7 Å². The van der Waals surface area contributed by atoms with Gasteiger partial charge in [-0.15, -0.1) is 0 Å². The Hall–Kier alpha value is -3.33. The van der Waals surface area contributed by atoms with Gasteiger partial charge in [0.2, 0.25) is 0 Å². The second-order valence-electron chi connectivity index (χ2n) is 5.86. The molecule has 28 heavy (non-hydrogen) atoms. The number of aromatic amines is 1. The van der Waals surface area contributed by atoms with Gasteiger partial charge < -0.3 is 10.1 Å². The van der Waals surface area contributed by atoms with Crippen LogP contribution in [-0.4, -0.2) is 38.2 Å². The lowest BCUT2D eigenvalue weighted by Crippen LogP contribution is -2.23. The monoisotopic (exact) mass is 400 g/mol. The van der Waals surface area contributed by atoms with Gasteiger partial charge in [0, 0.05) is 18.2 Å². The predicted molar refractivity (Wildman–Crippen MR) is 106 cm³/mol. The number of rotatable bonds is 7. The molecule has 1 heterocycles. The van der Waals surface area contributed by atoms with Gasteiger partial charge in [0.25, 0.3) is 15.9 Å². The third kappa shape index (κ3) is 4.15. The number of H-pyrrole nitrogens is 1. The molecule has 2 aromatic carbocycles. The molecule has 0 spiro atoms. The zero-order valence-electron chi connectivity index (χ0n) is 15.4. The second kappa shape index (κ2) is 8.13. The van der Waals surface area contributed by atoms with Gasteiger partial charge >= 0.3 is 0 Å². The largest absolute Gasteiger partial charge is 0.495 e. The van der Waals surface area contributed by atoms with Crippen molar-refractivity contribution in [1.29, 1.82) is 0 Å². The summed E-state index contributed by atoms with van der Waals surface area (Å²) in [6.07, 6.45) is 0. The standard InChI is InChI=1S/C19H20N4O4S/c1-3-20-19(24)14-9-10-16(27-2)17(11-14)28(25,26)23-18-12-15(21-22-18)13-7-5-4-6-8-13/h4-12H,3H2,1-2H3,(H,20,24)(H2,21,22,23). The SMILES string of the molecule is CCNC(=O)c1ccc(OC)c(S(=O)(=O)Nc2cc(-c3ccccc3)[nH]n2)c1. The molecule has 9 heteroatoms. The third-order valence-corrected chi connectivity index (χ3v) is 5.33. The molecule has 0 saturated carbocycles. The normalized spacial score (nSPS) is 11.1. The van der Waals surface area contributed by atoms with Crippen LogP contribution in [0.15, 0.2) is 59.5 Å². The van der Waals surface area contributed by atoms with Crippen LogP contribution >= 0.6 is 0 Å². The van der Waals surface area contributed by atoms with Gasteiger partial charge in [0.15, 0.2) is 5.82 Å². The Morgan fingerprint density at radius 2 is 1.89 bits per heavy atom. The Bertz CT molecular complexity index is 1080. The Labute approximate surface area is 163 Å². The number of nitrogens with zero attached hydrogens (tertiary/aromatic N) is 1. The first-order valence-corrected chi connectivity index (χ1v) is 10.0. The minimum atomic E-state index is -4.03. The summed E-state index contributed by atoms with van der Waals surface area (Å²) < 4.78 is 33.3. The number of methoxy groups -OCH3 is 1. The van der Waals surface area contributed by atoms with Crippen LogP contribution in [0.3, 0.4) is 0 Å². The summed E-state index contributed by atoms with van der Waals surface area (Å²) in [6.45, 7) is 2.21. The minimum absolute atomic E-state index is 0.124. The van der Waals surface area contributed by atoms with Crippen LogP contribution < -0.4 is 14.8 Å². The molecule has 0 bridgehead atoms. The van der Waals surface area contributed by atoms with Crippen molar-refractivity contribution in [3.05, 3.63) is 60.2 Å². The van der Waals surface area contributed by atoms with Crippen LogP contribution in [0.4, 0.5) is 5.82 Å². The highest BCUT2D eigenvalue weighted by Gasteiger charge is 2.23. The molecule has 146 valence electrons. The van der Waals surface area contributed by atoms with Crippen molar-refractivity contribution in [2.24, 2.45) is 0 Å². The lowest BCUT2D eigenvalue weighted by molar-refractivity contribution is 0.0955. The van der Waals surface area contributed by atoms with Crippen LogP contribution in [0.1, 0.15) is 17.3 Å². The Morgan fingerprint density at radius 1 is 1.14 bits per heavy atom. The number of aromatic nitrogens is 2. The van der Waals surface area contributed by atoms with Crippen LogP contribution in [0.2, 0.25) is 0 Å². The zero-order chi connectivity index (χ0) is 20.1. The van der Waals surface area contributed by atoms with Crippen molar-refractivity contribution in [3.8, 4) is 17.0 Å². The summed E-state index contributed by atoms with van der Waals surface area (Å²) in [5.41, 5.74) is 1.76. The highest BCUT2D eigenvalue weighted by molar-refractivity contribution is 7.92. The molecule has 0 aliphatic rings. The number of anilines is 1. The van der Waals surface area contributed by atoms with Gasteiger partial charge in [-0.3, -0.25) is 14.6 Å². The van der Waals surface area contributed by atoms with E-state index in [1.54, 1.807) is 13.0 Å². The number of carbonyl (C=O) groups is 1.